The maximum atomic E-state index is 11.7. The van der Waals surface area contributed by atoms with Crippen molar-refractivity contribution < 1.29 is 9.53 Å². The smallest absolute Gasteiger partial charge is 0.260 e. The maximum Gasteiger partial charge on any atom is 0.260 e. The second kappa shape index (κ2) is 6.96. The van der Waals surface area contributed by atoms with Gasteiger partial charge in [-0.15, -0.1) is 0 Å². The summed E-state index contributed by atoms with van der Waals surface area (Å²) in [6, 6.07) is 10.3. The van der Waals surface area contributed by atoms with Crippen LogP contribution in [0.3, 0.4) is 0 Å². The molecule has 1 heterocycles. The Hall–Kier alpha value is -3.00. The first-order valence-electron chi connectivity index (χ1n) is 6.29. The van der Waals surface area contributed by atoms with Crippen LogP contribution < -0.4 is 15.6 Å². The van der Waals surface area contributed by atoms with Crippen molar-refractivity contribution in [3.8, 4) is 17.6 Å². The predicted octanol–water partition coefficient (Wildman–Crippen LogP) is 1.17. The highest BCUT2D eigenvalue weighted by Gasteiger charge is 2.07. The molecular formula is C16H14N2O3. The van der Waals surface area contributed by atoms with Crippen molar-refractivity contribution in [2.75, 3.05) is 13.7 Å². The number of benzene rings is 1. The van der Waals surface area contributed by atoms with Crippen molar-refractivity contribution in [2.45, 2.75) is 0 Å². The zero-order chi connectivity index (χ0) is 15.1. The zero-order valence-corrected chi connectivity index (χ0v) is 11.5. The lowest BCUT2D eigenvalue weighted by atomic mass is 10.2. The summed E-state index contributed by atoms with van der Waals surface area (Å²) in [5.74, 6) is 6.05. The summed E-state index contributed by atoms with van der Waals surface area (Å²) >= 11 is 0. The minimum atomic E-state index is -0.444. The molecule has 0 aliphatic carbocycles. The van der Waals surface area contributed by atoms with Crippen LogP contribution in [0.2, 0.25) is 0 Å². The Morgan fingerprint density at radius 1 is 1.29 bits per heavy atom. The van der Waals surface area contributed by atoms with Gasteiger partial charge in [0.05, 0.1) is 13.7 Å². The van der Waals surface area contributed by atoms with Gasteiger partial charge in [-0.1, -0.05) is 11.8 Å². The Balaban J connectivity index is 1.92. The number of carbonyl (C=O) groups is 1. The molecule has 2 rings (SSSR count). The van der Waals surface area contributed by atoms with Gasteiger partial charge in [-0.2, -0.15) is 0 Å². The molecule has 0 spiro atoms. The third-order valence-electron chi connectivity index (χ3n) is 2.72. The molecule has 5 nitrogen and oxygen atoms in total. The molecule has 0 saturated carbocycles. The zero-order valence-electron chi connectivity index (χ0n) is 11.5. The molecule has 0 unspecified atom stereocenters. The Morgan fingerprint density at radius 3 is 2.71 bits per heavy atom. The minimum absolute atomic E-state index is 0.0729. The van der Waals surface area contributed by atoms with Gasteiger partial charge < -0.3 is 15.0 Å². The molecule has 0 saturated heterocycles. The van der Waals surface area contributed by atoms with Crippen LogP contribution in [0.5, 0.6) is 5.75 Å². The van der Waals surface area contributed by atoms with E-state index < -0.39 is 11.5 Å². The van der Waals surface area contributed by atoms with Gasteiger partial charge in [0.25, 0.3) is 11.5 Å². The van der Waals surface area contributed by atoms with Gasteiger partial charge in [0, 0.05) is 11.8 Å². The molecule has 0 aliphatic heterocycles. The molecule has 0 atom stereocenters. The highest BCUT2D eigenvalue weighted by Crippen LogP contribution is 2.09. The third kappa shape index (κ3) is 3.98. The first-order chi connectivity index (χ1) is 10.2. The van der Waals surface area contributed by atoms with Gasteiger partial charge in [-0.3, -0.25) is 9.59 Å². The van der Waals surface area contributed by atoms with E-state index >= 15 is 0 Å². The molecule has 0 bridgehead atoms. The first-order valence-corrected chi connectivity index (χ1v) is 6.29. The molecule has 2 N–H and O–H groups in total. The monoisotopic (exact) mass is 282 g/mol. The number of aromatic amines is 1. The van der Waals surface area contributed by atoms with E-state index in [0.29, 0.717) is 0 Å². The summed E-state index contributed by atoms with van der Waals surface area (Å²) in [7, 11) is 1.60. The molecule has 2 aromatic rings. The summed E-state index contributed by atoms with van der Waals surface area (Å²) in [5, 5.41) is 2.58. The van der Waals surface area contributed by atoms with Crippen molar-refractivity contribution in [3.63, 3.8) is 0 Å². The SMILES string of the molecule is COc1ccc(C#CCNC(=O)c2ccc[nH]c2=O)cc1. The van der Waals surface area contributed by atoms with E-state index in [1.165, 1.54) is 12.3 Å². The summed E-state index contributed by atoms with van der Waals surface area (Å²) < 4.78 is 5.05. The summed E-state index contributed by atoms with van der Waals surface area (Å²) in [6.07, 6.45) is 1.47. The number of rotatable bonds is 3. The van der Waals surface area contributed by atoms with E-state index in [1.807, 2.05) is 24.3 Å². The number of methoxy groups -OCH3 is 1. The molecule has 106 valence electrons. The first kappa shape index (κ1) is 14.4. The van der Waals surface area contributed by atoms with Crippen molar-refractivity contribution in [1.29, 1.82) is 0 Å². The van der Waals surface area contributed by atoms with Gasteiger partial charge in [0.2, 0.25) is 0 Å². The number of amides is 1. The highest BCUT2D eigenvalue weighted by atomic mass is 16.5. The van der Waals surface area contributed by atoms with Crippen LogP contribution in [0.25, 0.3) is 0 Å². The van der Waals surface area contributed by atoms with E-state index in [1.54, 1.807) is 13.2 Å². The Bertz CT molecular complexity index is 736. The fraction of sp³-hybridized carbons (Fsp3) is 0.125. The van der Waals surface area contributed by atoms with Crippen molar-refractivity contribution in [3.05, 3.63) is 64.1 Å². The lowest BCUT2D eigenvalue weighted by molar-refractivity contribution is 0.0957. The summed E-state index contributed by atoms with van der Waals surface area (Å²) in [6.45, 7) is 0.166. The van der Waals surface area contributed by atoms with Gasteiger partial charge in [0.1, 0.15) is 11.3 Å². The Labute approximate surface area is 122 Å². The average Bonchev–Trinajstić information content (AvgIpc) is 2.52. The van der Waals surface area contributed by atoms with Gasteiger partial charge >= 0.3 is 0 Å². The lowest BCUT2D eigenvalue weighted by Crippen LogP contribution is -2.29. The number of ether oxygens (including phenoxy) is 1. The molecule has 5 heteroatoms. The van der Waals surface area contributed by atoms with Crippen LogP contribution in [0, 0.1) is 11.8 Å². The number of carbonyl (C=O) groups excluding carboxylic acids is 1. The lowest BCUT2D eigenvalue weighted by Gasteiger charge is -1.99. The summed E-state index contributed by atoms with van der Waals surface area (Å²) in [5.41, 5.74) is 0.476. The summed E-state index contributed by atoms with van der Waals surface area (Å²) in [4.78, 5) is 25.6. The molecular weight excluding hydrogens is 268 g/mol. The van der Waals surface area contributed by atoms with E-state index in [4.69, 9.17) is 4.74 Å². The predicted molar refractivity (Wildman–Crippen MR) is 79.3 cm³/mol. The molecule has 1 amide bonds. The number of nitrogens with one attached hydrogen (secondary N) is 2. The van der Waals surface area contributed by atoms with Crippen molar-refractivity contribution >= 4 is 5.91 Å². The van der Waals surface area contributed by atoms with E-state index in [9.17, 15) is 9.59 Å². The molecule has 1 aromatic carbocycles. The standard InChI is InChI=1S/C16H14N2O3/c1-21-13-8-6-12(7-9-13)4-2-10-17-15(19)14-5-3-11-18-16(14)20/h3,5-9,11H,10H2,1H3,(H,17,19)(H,18,20). The van der Waals surface area contributed by atoms with Crippen LogP contribution in [0.4, 0.5) is 0 Å². The number of hydrogen-bond donors (Lipinski definition) is 2. The van der Waals surface area contributed by atoms with Gasteiger partial charge in [0.15, 0.2) is 0 Å². The van der Waals surface area contributed by atoms with Gasteiger partial charge in [-0.25, -0.2) is 0 Å². The highest BCUT2D eigenvalue weighted by molar-refractivity contribution is 5.93. The Morgan fingerprint density at radius 2 is 2.05 bits per heavy atom. The normalized spacial score (nSPS) is 9.38. The maximum absolute atomic E-state index is 11.7. The van der Waals surface area contributed by atoms with E-state index in [2.05, 4.69) is 22.1 Å². The fourth-order valence-electron chi connectivity index (χ4n) is 1.64. The second-order valence-electron chi connectivity index (χ2n) is 4.13. The number of H-pyrrole nitrogens is 1. The van der Waals surface area contributed by atoms with Crippen LogP contribution in [-0.2, 0) is 0 Å². The fourth-order valence-corrected chi connectivity index (χ4v) is 1.64. The third-order valence-corrected chi connectivity index (χ3v) is 2.72. The second-order valence-corrected chi connectivity index (χ2v) is 4.13. The molecule has 21 heavy (non-hydrogen) atoms. The van der Waals surface area contributed by atoms with E-state index in [-0.39, 0.29) is 12.1 Å². The van der Waals surface area contributed by atoms with Crippen LogP contribution in [-0.4, -0.2) is 24.5 Å². The molecule has 0 radical (unpaired) electrons. The van der Waals surface area contributed by atoms with Crippen LogP contribution in [0.1, 0.15) is 15.9 Å². The largest absolute Gasteiger partial charge is 0.497 e. The number of aromatic nitrogens is 1. The van der Waals surface area contributed by atoms with E-state index in [0.717, 1.165) is 11.3 Å². The van der Waals surface area contributed by atoms with Crippen LogP contribution >= 0.6 is 0 Å². The van der Waals surface area contributed by atoms with Crippen molar-refractivity contribution in [2.24, 2.45) is 0 Å². The number of hydrogen-bond acceptors (Lipinski definition) is 3. The molecule has 0 aliphatic rings. The van der Waals surface area contributed by atoms with Gasteiger partial charge in [-0.05, 0) is 36.4 Å². The minimum Gasteiger partial charge on any atom is -0.497 e. The number of pyridine rings is 1. The quantitative estimate of drug-likeness (QED) is 0.830. The van der Waals surface area contributed by atoms with Crippen LogP contribution in [0.15, 0.2) is 47.4 Å². The van der Waals surface area contributed by atoms with Crippen molar-refractivity contribution in [1.82, 2.24) is 10.3 Å². The molecule has 0 fully saturated rings. The topological polar surface area (TPSA) is 71.2 Å². The average molecular weight is 282 g/mol. The molecule has 1 aromatic heterocycles. The Kier molecular flexibility index (Phi) is 4.78.